The van der Waals surface area contributed by atoms with Gasteiger partial charge in [0.2, 0.25) is 5.91 Å². The summed E-state index contributed by atoms with van der Waals surface area (Å²) in [5.41, 5.74) is 1.71. The summed E-state index contributed by atoms with van der Waals surface area (Å²) in [5.74, 6) is 1.42. The van der Waals surface area contributed by atoms with Crippen molar-refractivity contribution in [2.75, 3.05) is 20.3 Å². The molecular weight excluding hydrogens is 997 g/mol. The largest absolute Gasteiger partial charge is 0.494 e. The van der Waals surface area contributed by atoms with E-state index in [1.807, 2.05) is 30.5 Å². The van der Waals surface area contributed by atoms with Gasteiger partial charge in [0.1, 0.15) is 78.2 Å². The molecule has 0 radical (unpaired) electrons. The second kappa shape index (κ2) is 21.0. The first-order valence-electron chi connectivity index (χ1n) is 28.1. The second-order valence-corrected chi connectivity index (χ2v) is 26.2. The molecule has 1 amide bonds. The van der Waals surface area contributed by atoms with Crippen LogP contribution in [0.2, 0.25) is 0 Å². The molecule has 3 aliphatic heterocycles. The fourth-order valence-electron chi connectivity index (χ4n) is 16.5. The van der Waals surface area contributed by atoms with E-state index in [1.54, 1.807) is 11.8 Å². The number of carbonyl (C=O) groups excluding carboxylic acids is 1. The molecule has 20 nitrogen and oxygen atoms in total. The number of nitrogens with one attached hydrogen (secondary N) is 1. The van der Waals surface area contributed by atoms with E-state index in [-0.39, 0.29) is 52.6 Å². The molecule has 1 aromatic carbocycles. The number of amides is 1. The van der Waals surface area contributed by atoms with E-state index in [2.05, 4.69) is 70.2 Å². The van der Waals surface area contributed by atoms with Crippen molar-refractivity contribution in [3.8, 4) is 11.4 Å². The van der Waals surface area contributed by atoms with Crippen LogP contribution in [0.4, 0.5) is 0 Å². The number of allylic oxidation sites excluding steroid dienone is 2. The summed E-state index contributed by atoms with van der Waals surface area (Å²) in [4.78, 5) is 14.9. The third-order valence-electron chi connectivity index (χ3n) is 21.3. The van der Waals surface area contributed by atoms with E-state index in [9.17, 15) is 45.6 Å². The Labute approximate surface area is 451 Å². The normalized spacial score (nSPS) is 46.3. The molecule has 9 N–H and O–H groups in total. The van der Waals surface area contributed by atoms with Gasteiger partial charge in [0.15, 0.2) is 18.9 Å². The zero-order valence-electron chi connectivity index (χ0n) is 46.2. The Hall–Kier alpha value is -3.19. The Bertz CT molecular complexity index is 2470. The predicted molar refractivity (Wildman–Crippen MR) is 275 cm³/mol. The van der Waals surface area contributed by atoms with E-state index in [0.717, 1.165) is 63.5 Å². The Balaban J connectivity index is 0.872. The molecule has 5 aliphatic carbocycles. The van der Waals surface area contributed by atoms with Gasteiger partial charge in [-0.25, -0.2) is 4.68 Å². The molecule has 10 rings (SSSR count). The second-order valence-electron chi connectivity index (χ2n) is 26.2. The van der Waals surface area contributed by atoms with E-state index in [1.165, 1.54) is 12.5 Å². The van der Waals surface area contributed by atoms with Crippen LogP contribution in [0.1, 0.15) is 125 Å². The Kier molecular flexibility index (Phi) is 15.5. The first-order valence-corrected chi connectivity index (χ1v) is 28.1. The average Bonchev–Trinajstić information content (AvgIpc) is 4.02. The fourth-order valence-corrected chi connectivity index (χ4v) is 16.5. The van der Waals surface area contributed by atoms with Gasteiger partial charge in [0, 0.05) is 0 Å². The van der Waals surface area contributed by atoms with E-state index in [4.69, 9.17) is 33.2 Å². The molecule has 4 heterocycles. The topological polar surface area (TPSA) is 286 Å². The number of aliphatic hydroxyl groups excluding tert-OH is 8. The predicted octanol–water partition coefficient (Wildman–Crippen LogP) is 3.19. The maximum Gasteiger partial charge on any atom is 0.227 e. The molecular formula is C57H86N4O16. The van der Waals surface area contributed by atoms with Crippen LogP contribution in [0.15, 0.2) is 42.1 Å². The molecule has 4 saturated carbocycles. The minimum atomic E-state index is -1.76. The number of para-hydroxylation sites is 2. The molecule has 7 fully saturated rings. The van der Waals surface area contributed by atoms with Gasteiger partial charge in [0.25, 0.3) is 0 Å². The third kappa shape index (κ3) is 9.52. The zero-order chi connectivity index (χ0) is 55.4. The molecule has 0 spiro atoms. The van der Waals surface area contributed by atoms with Crippen molar-refractivity contribution in [2.24, 2.45) is 50.2 Å². The van der Waals surface area contributed by atoms with Crippen molar-refractivity contribution < 1.29 is 78.8 Å². The third-order valence-corrected chi connectivity index (χ3v) is 21.3. The monoisotopic (exact) mass is 1080 g/mol. The van der Waals surface area contributed by atoms with Crippen LogP contribution < -0.4 is 10.1 Å². The molecule has 22 atom stereocenters. The highest BCUT2D eigenvalue weighted by atomic mass is 16.8. The number of fused-ring (bicyclic) bond motifs is 7. The number of benzene rings is 1. The highest BCUT2D eigenvalue weighted by Gasteiger charge is 2.70. The lowest BCUT2D eigenvalue weighted by atomic mass is 9.33. The van der Waals surface area contributed by atoms with Crippen LogP contribution in [0.25, 0.3) is 5.69 Å². The van der Waals surface area contributed by atoms with Crippen LogP contribution in [0, 0.1) is 50.2 Å². The first-order chi connectivity index (χ1) is 36.3. The number of aromatic nitrogens is 3. The van der Waals surface area contributed by atoms with Gasteiger partial charge in [-0.15, -0.1) is 5.10 Å². The molecule has 0 unspecified atom stereocenters. The summed E-state index contributed by atoms with van der Waals surface area (Å²) < 4.78 is 44.3. The van der Waals surface area contributed by atoms with Gasteiger partial charge in [-0.2, -0.15) is 0 Å². The smallest absolute Gasteiger partial charge is 0.227 e. The van der Waals surface area contributed by atoms with E-state index in [0.29, 0.717) is 23.8 Å². The van der Waals surface area contributed by atoms with Crippen LogP contribution in [0.3, 0.4) is 0 Å². The van der Waals surface area contributed by atoms with Crippen molar-refractivity contribution in [1.29, 1.82) is 0 Å². The van der Waals surface area contributed by atoms with Gasteiger partial charge in [-0.1, -0.05) is 77.5 Å². The number of rotatable bonds is 12. The minimum absolute atomic E-state index is 0.0606. The van der Waals surface area contributed by atoms with Crippen LogP contribution >= 0.6 is 0 Å². The molecule has 8 aliphatic rings. The number of aliphatic hydroxyl groups is 8. The van der Waals surface area contributed by atoms with Gasteiger partial charge < -0.3 is 79.3 Å². The van der Waals surface area contributed by atoms with Crippen molar-refractivity contribution in [3.63, 3.8) is 0 Å². The SMILES string of the molecule is COc1ccccc1-n1cc(CNC(=O)[C@]23CCC(C)(C)C[C@H]2C2=CC[C@@H]4[C@@]5(C)CC[C@H](O[C@@H]6OC[C@H](O[C@@H]7O[C@H](CO)[C@@H](O)[C@H](O)[C@H]7O)[C@H](O)[C@H]6O[C@@H]6O[C@@H](C)[C@H](O)[C@@H](O)[C@H]6O)C(C)(C)[C@@H]5CC[C@@]4(C)[C@]2(C)CC3)nn1. The van der Waals surface area contributed by atoms with Crippen molar-refractivity contribution in [2.45, 2.75) is 218 Å². The fraction of sp³-hybridized carbons (Fsp3) is 0.807. The van der Waals surface area contributed by atoms with Crippen LogP contribution in [0.5, 0.6) is 5.75 Å². The lowest BCUT2D eigenvalue weighted by Gasteiger charge is -2.71. The highest BCUT2D eigenvalue weighted by Crippen LogP contribution is 2.76. The lowest BCUT2D eigenvalue weighted by molar-refractivity contribution is -0.380. The van der Waals surface area contributed by atoms with Gasteiger partial charge in [-0.3, -0.25) is 4.79 Å². The summed E-state index contributed by atoms with van der Waals surface area (Å²) >= 11 is 0. The molecule has 2 aromatic rings. The number of methoxy groups -OCH3 is 1. The van der Waals surface area contributed by atoms with Crippen molar-refractivity contribution in [3.05, 3.63) is 47.8 Å². The van der Waals surface area contributed by atoms with Crippen LogP contribution in [-0.2, 0) is 39.8 Å². The molecule has 20 heteroatoms. The number of ether oxygens (including phenoxy) is 7. The minimum Gasteiger partial charge on any atom is -0.494 e. The maximum atomic E-state index is 14.9. The number of hydrogen-bond donors (Lipinski definition) is 9. The van der Waals surface area contributed by atoms with Gasteiger partial charge in [0.05, 0.1) is 50.7 Å². The summed E-state index contributed by atoms with van der Waals surface area (Å²) in [6, 6.07) is 7.63. The number of hydrogen-bond acceptors (Lipinski definition) is 18. The molecule has 0 bridgehead atoms. The zero-order valence-corrected chi connectivity index (χ0v) is 46.2. The average molecular weight is 1080 g/mol. The van der Waals surface area contributed by atoms with Crippen molar-refractivity contribution in [1.82, 2.24) is 20.3 Å². The molecule has 1 aromatic heterocycles. The van der Waals surface area contributed by atoms with Crippen LogP contribution in [-0.4, -0.2) is 174 Å². The molecule has 3 saturated heterocycles. The Morgan fingerprint density at radius 2 is 1.48 bits per heavy atom. The Morgan fingerprint density at radius 3 is 2.21 bits per heavy atom. The van der Waals surface area contributed by atoms with E-state index >= 15 is 0 Å². The molecule has 430 valence electrons. The van der Waals surface area contributed by atoms with Gasteiger partial charge >= 0.3 is 0 Å². The summed E-state index contributed by atoms with van der Waals surface area (Å²) in [6.45, 7) is 17.5. The first kappa shape index (κ1) is 57.1. The highest BCUT2D eigenvalue weighted by molar-refractivity contribution is 5.84. The maximum absolute atomic E-state index is 14.9. The summed E-state index contributed by atoms with van der Waals surface area (Å²) in [7, 11) is 1.63. The Morgan fingerprint density at radius 1 is 0.779 bits per heavy atom. The van der Waals surface area contributed by atoms with Crippen molar-refractivity contribution >= 4 is 5.91 Å². The molecule has 77 heavy (non-hydrogen) atoms. The number of carbonyl (C=O) groups is 1. The van der Waals surface area contributed by atoms with Gasteiger partial charge in [-0.05, 0) is 128 Å². The lowest BCUT2D eigenvalue weighted by Crippen LogP contribution is -2.66. The summed E-state index contributed by atoms with van der Waals surface area (Å²) in [5, 5.41) is 98.1. The quantitative estimate of drug-likeness (QED) is 0.109. The number of nitrogens with zero attached hydrogens (tertiary/aromatic N) is 3. The van der Waals surface area contributed by atoms with E-state index < -0.39 is 110 Å². The standard InChI is InChI=1S/C57H86N4O16/c1-29-40(63)43(66)45(68)48(73-29)77-47-42(65)36(75-49-46(69)44(67)41(64)35(27-62)74-49)28-72-50(47)76-39-17-18-54(6)37(53(39,4)5)16-19-56(8)38(54)15-14-31-32-24-52(2,3)20-22-57(32,23-21-55(31,56)7)51(70)58-25-30-26-61(60-59-30)33-12-10-11-13-34(33)71-9/h10-14,26,29,32,35-50,62-69H,15-25,27-28H2,1-9H3,(H,58,70)/t29-,32-,35+,36-,37-,38+,39-,40-,41+,42-,43+,44-,45+,46+,47+,48-,49-,50-,54-,55+,56+,57-/m0/s1. The summed E-state index contributed by atoms with van der Waals surface area (Å²) in [6.07, 6.45) is -7.95.